The standard InChI is InChI=1S/C30H30FNO7/c31-23-11-15-25(16-12-23)38-19-3-18-37-24-13-8-21(9-14-24)7-10-22-4-1-5-26-29(22)39-27(30(35)36)20-32(26)17-2-6-28(33)34/h1,4-5,7-16,27H,2-3,6,17-20H2,(H,33,34)(H,35,36). The summed E-state index contributed by atoms with van der Waals surface area (Å²) < 4.78 is 30.1. The molecule has 0 aromatic heterocycles. The zero-order valence-corrected chi connectivity index (χ0v) is 21.3. The number of hydrogen-bond acceptors (Lipinski definition) is 6. The summed E-state index contributed by atoms with van der Waals surface area (Å²) in [7, 11) is 0. The fraction of sp³-hybridized carbons (Fsp3) is 0.267. The molecule has 3 aromatic rings. The van der Waals surface area contributed by atoms with Crippen LogP contribution in [0, 0.1) is 5.82 Å². The van der Waals surface area contributed by atoms with Gasteiger partial charge in [0.1, 0.15) is 17.3 Å². The highest BCUT2D eigenvalue weighted by Crippen LogP contribution is 2.38. The average Bonchev–Trinajstić information content (AvgIpc) is 2.93. The van der Waals surface area contributed by atoms with Crippen molar-refractivity contribution < 1.29 is 38.4 Å². The van der Waals surface area contributed by atoms with E-state index in [4.69, 9.17) is 19.3 Å². The maximum absolute atomic E-state index is 12.9. The van der Waals surface area contributed by atoms with Crippen molar-refractivity contribution in [3.05, 3.63) is 83.7 Å². The second-order valence-corrected chi connectivity index (χ2v) is 8.99. The zero-order valence-electron chi connectivity index (χ0n) is 21.3. The van der Waals surface area contributed by atoms with Gasteiger partial charge >= 0.3 is 11.9 Å². The summed E-state index contributed by atoms with van der Waals surface area (Å²) in [6, 6.07) is 19.0. The maximum atomic E-state index is 12.9. The van der Waals surface area contributed by atoms with Crippen molar-refractivity contribution in [2.75, 3.05) is 31.2 Å². The number of fused-ring (bicyclic) bond motifs is 1. The van der Waals surface area contributed by atoms with E-state index in [1.165, 1.54) is 12.1 Å². The molecule has 0 aliphatic carbocycles. The van der Waals surface area contributed by atoms with Gasteiger partial charge in [-0.15, -0.1) is 0 Å². The SMILES string of the molecule is O=C(O)CCCN1CC(C(=O)O)Oc2c(C=Cc3ccc(OCCCOc4ccc(F)cc4)cc3)cccc21. The minimum Gasteiger partial charge on any atom is -0.493 e. The fourth-order valence-electron chi connectivity index (χ4n) is 4.12. The van der Waals surface area contributed by atoms with Crippen molar-refractivity contribution in [3.8, 4) is 17.2 Å². The van der Waals surface area contributed by atoms with E-state index < -0.39 is 18.0 Å². The molecule has 4 rings (SSSR count). The third-order valence-electron chi connectivity index (χ3n) is 6.08. The van der Waals surface area contributed by atoms with Crippen LogP contribution in [0.4, 0.5) is 10.1 Å². The molecule has 1 unspecified atom stereocenters. The molecule has 1 atom stereocenters. The van der Waals surface area contributed by atoms with Gasteiger partial charge < -0.3 is 29.3 Å². The monoisotopic (exact) mass is 535 g/mol. The Morgan fingerprint density at radius 1 is 0.923 bits per heavy atom. The molecule has 1 aliphatic rings. The van der Waals surface area contributed by atoms with Crippen LogP contribution in [0.5, 0.6) is 17.2 Å². The summed E-state index contributed by atoms with van der Waals surface area (Å²) >= 11 is 0. The Labute approximate surface area is 225 Å². The molecule has 0 radical (unpaired) electrons. The lowest BCUT2D eigenvalue weighted by Gasteiger charge is -2.35. The van der Waals surface area contributed by atoms with Gasteiger partial charge in [0.15, 0.2) is 5.75 Å². The number of rotatable bonds is 13. The lowest BCUT2D eigenvalue weighted by atomic mass is 10.1. The third kappa shape index (κ3) is 7.98. The van der Waals surface area contributed by atoms with E-state index >= 15 is 0 Å². The van der Waals surface area contributed by atoms with Gasteiger partial charge in [0.2, 0.25) is 6.10 Å². The van der Waals surface area contributed by atoms with Gasteiger partial charge in [0, 0.05) is 24.9 Å². The molecule has 3 aromatic carbocycles. The van der Waals surface area contributed by atoms with E-state index in [1.54, 1.807) is 12.1 Å². The highest BCUT2D eigenvalue weighted by molar-refractivity contribution is 5.81. The molecule has 0 saturated carbocycles. The van der Waals surface area contributed by atoms with Crippen molar-refractivity contribution >= 4 is 29.8 Å². The number of benzene rings is 3. The first-order chi connectivity index (χ1) is 18.9. The number of nitrogens with zero attached hydrogens (tertiary/aromatic N) is 1. The van der Waals surface area contributed by atoms with Crippen LogP contribution in [0.25, 0.3) is 12.2 Å². The molecule has 1 aliphatic heterocycles. The van der Waals surface area contributed by atoms with E-state index in [1.807, 2.05) is 59.5 Å². The van der Waals surface area contributed by atoms with Crippen LogP contribution < -0.4 is 19.1 Å². The zero-order chi connectivity index (χ0) is 27.6. The second-order valence-electron chi connectivity index (χ2n) is 8.99. The van der Waals surface area contributed by atoms with Crippen LogP contribution in [0.2, 0.25) is 0 Å². The van der Waals surface area contributed by atoms with Crippen molar-refractivity contribution in [2.45, 2.75) is 25.4 Å². The van der Waals surface area contributed by atoms with Crippen molar-refractivity contribution in [1.29, 1.82) is 0 Å². The Morgan fingerprint density at radius 3 is 2.23 bits per heavy atom. The van der Waals surface area contributed by atoms with E-state index in [9.17, 15) is 19.1 Å². The molecule has 39 heavy (non-hydrogen) atoms. The van der Waals surface area contributed by atoms with Gasteiger partial charge in [0.25, 0.3) is 0 Å². The molecule has 9 heteroatoms. The van der Waals surface area contributed by atoms with Crippen LogP contribution in [-0.4, -0.2) is 54.6 Å². The Bertz CT molecular complexity index is 1290. The molecule has 0 saturated heterocycles. The minimum absolute atomic E-state index is 0.00745. The van der Waals surface area contributed by atoms with Crippen LogP contribution in [0.1, 0.15) is 30.4 Å². The average molecular weight is 536 g/mol. The summed E-state index contributed by atoms with van der Waals surface area (Å²) in [6.45, 7) is 1.49. The third-order valence-corrected chi connectivity index (χ3v) is 6.08. The van der Waals surface area contributed by atoms with Gasteiger partial charge in [0.05, 0.1) is 25.4 Å². The number of carboxylic acids is 2. The molecule has 1 heterocycles. The Balaban J connectivity index is 1.34. The molecule has 0 bridgehead atoms. The van der Waals surface area contributed by atoms with E-state index in [2.05, 4.69) is 0 Å². The van der Waals surface area contributed by atoms with Gasteiger partial charge in [-0.25, -0.2) is 9.18 Å². The summed E-state index contributed by atoms with van der Waals surface area (Å²) in [5.41, 5.74) is 2.39. The van der Waals surface area contributed by atoms with Gasteiger partial charge in [-0.3, -0.25) is 4.79 Å². The van der Waals surface area contributed by atoms with Crippen LogP contribution >= 0.6 is 0 Å². The summed E-state index contributed by atoms with van der Waals surface area (Å²) in [6.07, 6.45) is 3.79. The van der Waals surface area contributed by atoms with Crippen LogP contribution in [0.15, 0.2) is 66.7 Å². The lowest BCUT2D eigenvalue weighted by Crippen LogP contribution is -2.45. The highest BCUT2D eigenvalue weighted by Gasteiger charge is 2.31. The number of carbonyl (C=O) groups is 2. The number of para-hydroxylation sites is 1. The predicted molar refractivity (Wildman–Crippen MR) is 145 cm³/mol. The fourth-order valence-corrected chi connectivity index (χ4v) is 4.12. The van der Waals surface area contributed by atoms with Crippen molar-refractivity contribution in [3.63, 3.8) is 0 Å². The number of ether oxygens (including phenoxy) is 3. The Kier molecular flexibility index (Phi) is 9.39. The molecular formula is C30H30FNO7. The number of aliphatic carboxylic acids is 2. The lowest BCUT2D eigenvalue weighted by molar-refractivity contribution is -0.145. The molecule has 0 amide bonds. The smallest absolute Gasteiger partial charge is 0.346 e. The van der Waals surface area contributed by atoms with Crippen molar-refractivity contribution in [2.24, 2.45) is 0 Å². The molecule has 0 fully saturated rings. The first-order valence-electron chi connectivity index (χ1n) is 12.7. The summed E-state index contributed by atoms with van der Waals surface area (Å²) in [5, 5.41) is 18.5. The molecule has 2 N–H and O–H groups in total. The summed E-state index contributed by atoms with van der Waals surface area (Å²) in [4.78, 5) is 24.5. The Hall–Kier alpha value is -4.53. The summed E-state index contributed by atoms with van der Waals surface area (Å²) in [5.74, 6) is -0.463. The van der Waals surface area contributed by atoms with E-state index in [0.29, 0.717) is 44.1 Å². The number of carboxylic acid groups (broad SMARTS) is 2. The predicted octanol–water partition coefficient (Wildman–Crippen LogP) is 5.36. The molecular weight excluding hydrogens is 505 g/mol. The minimum atomic E-state index is -1.07. The molecule has 8 nitrogen and oxygen atoms in total. The maximum Gasteiger partial charge on any atom is 0.346 e. The van der Waals surface area contributed by atoms with Crippen LogP contribution in [0.3, 0.4) is 0 Å². The van der Waals surface area contributed by atoms with Crippen LogP contribution in [-0.2, 0) is 9.59 Å². The molecule has 0 spiro atoms. The Morgan fingerprint density at radius 2 is 1.59 bits per heavy atom. The second kappa shape index (κ2) is 13.3. The highest BCUT2D eigenvalue weighted by atomic mass is 19.1. The quantitative estimate of drug-likeness (QED) is 0.223. The van der Waals surface area contributed by atoms with Gasteiger partial charge in [-0.2, -0.15) is 0 Å². The van der Waals surface area contributed by atoms with Gasteiger partial charge in [-0.05, 0) is 54.4 Å². The first-order valence-corrected chi connectivity index (χ1v) is 12.7. The van der Waals surface area contributed by atoms with Crippen molar-refractivity contribution in [1.82, 2.24) is 0 Å². The number of hydrogen-bond donors (Lipinski definition) is 2. The first kappa shape index (κ1) is 27.5. The number of anilines is 1. The molecule has 204 valence electrons. The van der Waals surface area contributed by atoms with E-state index in [0.717, 1.165) is 22.6 Å². The number of halogens is 1. The van der Waals surface area contributed by atoms with Gasteiger partial charge in [-0.1, -0.05) is 36.4 Å². The topological polar surface area (TPSA) is 106 Å². The van der Waals surface area contributed by atoms with E-state index in [-0.39, 0.29) is 18.8 Å². The largest absolute Gasteiger partial charge is 0.493 e. The normalized spacial score (nSPS) is 14.5.